The number of rotatable bonds is 13. The molecule has 0 aromatic heterocycles. The third-order valence-electron chi connectivity index (χ3n) is 5.92. The van der Waals surface area contributed by atoms with Gasteiger partial charge in [0.25, 0.3) is 0 Å². The second-order valence-electron chi connectivity index (χ2n) is 8.81. The molecule has 7 nitrogen and oxygen atoms in total. The molecule has 0 aliphatic heterocycles. The normalized spacial score (nSPS) is 13.1. The minimum atomic E-state index is -3.67. The standard InChI is InChI=1S/C26H35F2N3O4S/c1-5-19(3)29-26(33)24(6-2)30(18-20-9-11-21(27)12-10-20)25(32)8-7-17-31(36(4,34)35)23-15-13-22(28)14-16-23/h9-16,19,24H,5-8,17-18H2,1-4H3,(H,29,33)/t19-,24+/m1/s1. The Morgan fingerprint density at radius 2 is 1.50 bits per heavy atom. The van der Waals surface area contributed by atoms with Gasteiger partial charge in [-0.3, -0.25) is 13.9 Å². The molecule has 0 bridgehead atoms. The van der Waals surface area contributed by atoms with Crippen molar-refractivity contribution in [2.45, 2.75) is 65.1 Å². The van der Waals surface area contributed by atoms with E-state index in [-0.39, 0.29) is 43.8 Å². The second-order valence-corrected chi connectivity index (χ2v) is 10.7. The molecule has 10 heteroatoms. The number of carbonyl (C=O) groups excluding carboxylic acids is 2. The Morgan fingerprint density at radius 3 is 2.00 bits per heavy atom. The summed E-state index contributed by atoms with van der Waals surface area (Å²) in [6.45, 7) is 5.76. The van der Waals surface area contributed by atoms with Gasteiger partial charge in [-0.1, -0.05) is 26.0 Å². The Bertz CT molecular complexity index is 1110. The number of benzene rings is 2. The van der Waals surface area contributed by atoms with E-state index in [1.165, 1.54) is 41.3 Å². The van der Waals surface area contributed by atoms with Gasteiger partial charge in [-0.05, 0) is 68.1 Å². The van der Waals surface area contributed by atoms with Crippen molar-refractivity contribution < 1.29 is 26.8 Å². The van der Waals surface area contributed by atoms with Crippen LogP contribution in [0.2, 0.25) is 0 Å². The van der Waals surface area contributed by atoms with Crippen LogP contribution in [0.3, 0.4) is 0 Å². The molecule has 36 heavy (non-hydrogen) atoms. The largest absolute Gasteiger partial charge is 0.352 e. The van der Waals surface area contributed by atoms with Crippen molar-refractivity contribution in [2.75, 3.05) is 17.1 Å². The van der Waals surface area contributed by atoms with Crippen LogP contribution in [0.25, 0.3) is 0 Å². The maximum atomic E-state index is 13.4. The van der Waals surface area contributed by atoms with E-state index in [2.05, 4.69) is 5.32 Å². The van der Waals surface area contributed by atoms with Crippen LogP contribution in [0.5, 0.6) is 0 Å². The van der Waals surface area contributed by atoms with E-state index >= 15 is 0 Å². The van der Waals surface area contributed by atoms with Crippen LogP contribution in [-0.4, -0.2) is 50.0 Å². The average molecular weight is 524 g/mol. The fourth-order valence-electron chi connectivity index (χ4n) is 3.76. The molecule has 0 saturated heterocycles. The van der Waals surface area contributed by atoms with E-state index in [4.69, 9.17) is 0 Å². The topological polar surface area (TPSA) is 86.8 Å². The molecular weight excluding hydrogens is 488 g/mol. The zero-order valence-electron chi connectivity index (χ0n) is 21.2. The summed E-state index contributed by atoms with van der Waals surface area (Å²) in [7, 11) is -3.67. The van der Waals surface area contributed by atoms with E-state index in [0.29, 0.717) is 17.7 Å². The quantitative estimate of drug-likeness (QED) is 0.426. The molecular formula is C26H35F2N3O4S. The van der Waals surface area contributed by atoms with Gasteiger partial charge in [0.1, 0.15) is 17.7 Å². The summed E-state index contributed by atoms with van der Waals surface area (Å²) in [4.78, 5) is 27.8. The van der Waals surface area contributed by atoms with Crippen LogP contribution in [0.15, 0.2) is 48.5 Å². The van der Waals surface area contributed by atoms with Crippen molar-refractivity contribution in [1.82, 2.24) is 10.2 Å². The molecule has 2 aromatic rings. The molecule has 2 rings (SSSR count). The minimum Gasteiger partial charge on any atom is -0.352 e. The summed E-state index contributed by atoms with van der Waals surface area (Å²) in [6.07, 6.45) is 2.33. The third-order valence-corrected chi connectivity index (χ3v) is 7.11. The summed E-state index contributed by atoms with van der Waals surface area (Å²) >= 11 is 0. The van der Waals surface area contributed by atoms with Crippen LogP contribution >= 0.6 is 0 Å². The zero-order valence-corrected chi connectivity index (χ0v) is 22.0. The van der Waals surface area contributed by atoms with Crippen molar-refractivity contribution in [3.8, 4) is 0 Å². The molecule has 0 aliphatic carbocycles. The number of hydrogen-bond donors (Lipinski definition) is 1. The maximum Gasteiger partial charge on any atom is 0.243 e. The smallest absolute Gasteiger partial charge is 0.243 e. The number of halogens is 2. The Labute approximate surface area is 212 Å². The lowest BCUT2D eigenvalue weighted by atomic mass is 10.1. The molecule has 0 heterocycles. The number of carbonyl (C=O) groups is 2. The monoisotopic (exact) mass is 523 g/mol. The van der Waals surface area contributed by atoms with Gasteiger partial charge in [-0.25, -0.2) is 17.2 Å². The lowest BCUT2D eigenvalue weighted by molar-refractivity contribution is -0.141. The predicted molar refractivity (Wildman–Crippen MR) is 137 cm³/mol. The first-order chi connectivity index (χ1) is 17.0. The second kappa shape index (κ2) is 13.3. The van der Waals surface area contributed by atoms with Gasteiger partial charge < -0.3 is 10.2 Å². The number of nitrogens with zero attached hydrogens (tertiary/aromatic N) is 2. The lowest BCUT2D eigenvalue weighted by Crippen LogP contribution is -2.50. The zero-order chi connectivity index (χ0) is 26.9. The van der Waals surface area contributed by atoms with Crippen LogP contribution < -0.4 is 9.62 Å². The fourth-order valence-corrected chi connectivity index (χ4v) is 4.72. The highest BCUT2D eigenvalue weighted by Gasteiger charge is 2.29. The van der Waals surface area contributed by atoms with Gasteiger partial charge in [0, 0.05) is 25.6 Å². The molecule has 0 saturated carbocycles. The number of hydrogen-bond acceptors (Lipinski definition) is 4. The molecule has 2 aromatic carbocycles. The highest BCUT2D eigenvalue weighted by molar-refractivity contribution is 7.92. The number of amides is 2. The van der Waals surface area contributed by atoms with Crippen molar-refractivity contribution in [3.05, 3.63) is 65.7 Å². The Hall–Kier alpha value is -3.01. The average Bonchev–Trinajstić information content (AvgIpc) is 2.82. The SMILES string of the molecule is CC[C@@H](C)NC(=O)[C@H](CC)N(Cc1ccc(F)cc1)C(=O)CCCN(c1ccc(F)cc1)S(C)(=O)=O. The molecule has 0 unspecified atom stereocenters. The summed E-state index contributed by atoms with van der Waals surface area (Å²) in [5.74, 6) is -1.48. The van der Waals surface area contributed by atoms with E-state index in [1.807, 2.05) is 20.8 Å². The Balaban J connectivity index is 2.21. The molecule has 0 fully saturated rings. The van der Waals surface area contributed by atoms with Gasteiger partial charge in [0.2, 0.25) is 21.8 Å². The molecule has 1 N–H and O–H groups in total. The van der Waals surface area contributed by atoms with Gasteiger partial charge in [0.15, 0.2) is 0 Å². The summed E-state index contributed by atoms with van der Waals surface area (Å²) in [5.41, 5.74) is 0.970. The van der Waals surface area contributed by atoms with Crippen molar-refractivity contribution in [1.29, 1.82) is 0 Å². The predicted octanol–water partition coefficient (Wildman–Crippen LogP) is 4.23. The molecule has 198 valence electrons. The van der Waals surface area contributed by atoms with Crippen molar-refractivity contribution >= 4 is 27.5 Å². The Morgan fingerprint density at radius 1 is 0.944 bits per heavy atom. The maximum absolute atomic E-state index is 13.4. The molecule has 0 aliphatic rings. The first kappa shape index (κ1) is 29.2. The van der Waals surface area contributed by atoms with E-state index < -0.39 is 27.7 Å². The van der Waals surface area contributed by atoms with Crippen LogP contribution in [-0.2, 0) is 26.2 Å². The van der Waals surface area contributed by atoms with Crippen LogP contribution in [0, 0.1) is 11.6 Å². The van der Waals surface area contributed by atoms with Gasteiger partial charge in [-0.15, -0.1) is 0 Å². The van der Waals surface area contributed by atoms with E-state index in [9.17, 15) is 26.8 Å². The number of sulfonamides is 1. The molecule has 0 radical (unpaired) electrons. The van der Waals surface area contributed by atoms with E-state index in [1.54, 1.807) is 12.1 Å². The van der Waals surface area contributed by atoms with Crippen LogP contribution in [0.1, 0.15) is 52.0 Å². The first-order valence-electron chi connectivity index (χ1n) is 12.0. The van der Waals surface area contributed by atoms with Gasteiger partial charge in [0.05, 0.1) is 11.9 Å². The van der Waals surface area contributed by atoms with E-state index in [0.717, 1.165) is 17.0 Å². The fraction of sp³-hybridized carbons (Fsp3) is 0.462. The summed E-state index contributed by atoms with van der Waals surface area (Å²) in [6, 6.07) is 10.00. The first-order valence-corrected chi connectivity index (χ1v) is 13.9. The highest BCUT2D eigenvalue weighted by Crippen LogP contribution is 2.20. The van der Waals surface area contributed by atoms with Gasteiger partial charge in [-0.2, -0.15) is 0 Å². The minimum absolute atomic E-state index is 0.0104. The third kappa shape index (κ3) is 8.58. The molecule has 2 atom stereocenters. The number of nitrogens with one attached hydrogen (secondary N) is 1. The summed E-state index contributed by atoms with van der Waals surface area (Å²) < 4.78 is 52.5. The highest BCUT2D eigenvalue weighted by atomic mass is 32.2. The van der Waals surface area contributed by atoms with Gasteiger partial charge >= 0.3 is 0 Å². The Kier molecular flexibility index (Phi) is 10.8. The lowest BCUT2D eigenvalue weighted by Gasteiger charge is -2.32. The summed E-state index contributed by atoms with van der Waals surface area (Å²) in [5, 5.41) is 2.92. The molecule has 0 spiro atoms. The van der Waals surface area contributed by atoms with Crippen molar-refractivity contribution in [3.63, 3.8) is 0 Å². The molecule has 2 amide bonds. The van der Waals surface area contributed by atoms with Crippen molar-refractivity contribution in [2.24, 2.45) is 0 Å². The number of anilines is 1. The van der Waals surface area contributed by atoms with Crippen LogP contribution in [0.4, 0.5) is 14.5 Å².